The summed E-state index contributed by atoms with van der Waals surface area (Å²) in [6.45, 7) is 2.68. The van der Waals surface area contributed by atoms with Gasteiger partial charge in [0.05, 0.1) is 0 Å². The highest BCUT2D eigenvalue weighted by Gasteiger charge is 2.09. The zero-order valence-corrected chi connectivity index (χ0v) is 13.1. The average molecular weight is 321 g/mol. The van der Waals surface area contributed by atoms with Crippen molar-refractivity contribution in [2.45, 2.75) is 12.8 Å². The quantitative estimate of drug-likeness (QED) is 0.629. The van der Waals surface area contributed by atoms with E-state index in [0.717, 1.165) is 25.9 Å². The summed E-state index contributed by atoms with van der Waals surface area (Å²) in [5.74, 6) is 0.534. The minimum Gasteiger partial charge on any atom is -0.480 e. The average Bonchev–Trinajstić information content (AvgIpc) is 2.56. The number of nitrogens with one attached hydrogen (secondary N) is 3. The molecule has 1 aromatic rings. The second-order valence-corrected chi connectivity index (χ2v) is 5.18. The summed E-state index contributed by atoms with van der Waals surface area (Å²) < 4.78 is 11.0. The standard InChI is InChI=1S/C16H23N3O4/c20-15-11-22-13-5-1-2-6-14(13)23-12-16(21)19-10-4-8-17-7-3-9-18-15/h1-2,5-6,17H,3-4,7-12H2,(H,18,20)(H,19,21). The van der Waals surface area contributed by atoms with Crippen molar-refractivity contribution in [2.24, 2.45) is 0 Å². The van der Waals surface area contributed by atoms with Gasteiger partial charge >= 0.3 is 0 Å². The fourth-order valence-corrected chi connectivity index (χ4v) is 2.08. The largest absolute Gasteiger partial charge is 0.480 e. The molecule has 1 aliphatic heterocycles. The van der Waals surface area contributed by atoms with E-state index in [-0.39, 0.29) is 25.0 Å². The van der Waals surface area contributed by atoms with Crippen LogP contribution in [-0.4, -0.2) is 51.2 Å². The Balaban J connectivity index is 1.96. The second kappa shape index (κ2) is 9.68. The number of amides is 2. The Morgan fingerprint density at radius 3 is 1.70 bits per heavy atom. The van der Waals surface area contributed by atoms with Gasteiger partial charge in [0.15, 0.2) is 24.7 Å². The Hall–Kier alpha value is -2.28. The first-order valence-corrected chi connectivity index (χ1v) is 7.84. The molecule has 0 saturated carbocycles. The molecule has 2 amide bonds. The molecule has 1 aromatic carbocycles. The molecule has 1 heterocycles. The molecule has 7 nitrogen and oxygen atoms in total. The number of rotatable bonds is 0. The van der Waals surface area contributed by atoms with Crippen LogP contribution in [0.4, 0.5) is 0 Å². The molecule has 23 heavy (non-hydrogen) atoms. The van der Waals surface area contributed by atoms with Gasteiger partial charge in [0.2, 0.25) is 0 Å². The SMILES string of the molecule is O=C1COc2ccccc2OCC(=O)NCCCNCCCN1. The number of hydrogen-bond acceptors (Lipinski definition) is 5. The first-order valence-electron chi connectivity index (χ1n) is 7.84. The van der Waals surface area contributed by atoms with Crippen LogP contribution in [0.3, 0.4) is 0 Å². The third-order valence-electron chi connectivity index (χ3n) is 3.27. The van der Waals surface area contributed by atoms with E-state index in [1.54, 1.807) is 24.3 Å². The lowest BCUT2D eigenvalue weighted by atomic mass is 10.3. The molecule has 0 unspecified atom stereocenters. The van der Waals surface area contributed by atoms with Crippen molar-refractivity contribution in [1.82, 2.24) is 16.0 Å². The van der Waals surface area contributed by atoms with Gasteiger partial charge in [-0.1, -0.05) is 12.1 Å². The van der Waals surface area contributed by atoms with E-state index in [2.05, 4.69) is 16.0 Å². The molecule has 0 spiro atoms. The van der Waals surface area contributed by atoms with Crippen LogP contribution in [0.5, 0.6) is 11.5 Å². The first kappa shape index (κ1) is 17.1. The van der Waals surface area contributed by atoms with E-state index in [0.29, 0.717) is 24.6 Å². The van der Waals surface area contributed by atoms with Gasteiger partial charge in [-0.05, 0) is 38.1 Å². The highest BCUT2D eigenvalue weighted by atomic mass is 16.5. The van der Waals surface area contributed by atoms with Gasteiger partial charge in [-0.25, -0.2) is 0 Å². The number of carbonyl (C=O) groups excluding carboxylic acids is 2. The minimum absolute atomic E-state index is 0.0833. The molecule has 0 radical (unpaired) electrons. The summed E-state index contributed by atoms with van der Waals surface area (Å²) >= 11 is 0. The number of carbonyl (C=O) groups is 2. The summed E-state index contributed by atoms with van der Waals surface area (Å²) in [6.07, 6.45) is 1.69. The van der Waals surface area contributed by atoms with Gasteiger partial charge in [-0.2, -0.15) is 0 Å². The lowest BCUT2D eigenvalue weighted by Crippen LogP contribution is -2.32. The van der Waals surface area contributed by atoms with Crippen LogP contribution in [0.1, 0.15) is 12.8 Å². The van der Waals surface area contributed by atoms with Gasteiger partial charge in [-0.3, -0.25) is 9.59 Å². The lowest BCUT2D eigenvalue weighted by molar-refractivity contribution is -0.124. The van der Waals surface area contributed by atoms with E-state index in [1.165, 1.54) is 0 Å². The van der Waals surface area contributed by atoms with Crippen LogP contribution in [0.25, 0.3) is 0 Å². The number of para-hydroxylation sites is 2. The van der Waals surface area contributed by atoms with Gasteiger partial charge in [0.25, 0.3) is 11.8 Å². The van der Waals surface area contributed by atoms with Crippen LogP contribution >= 0.6 is 0 Å². The third-order valence-corrected chi connectivity index (χ3v) is 3.27. The molecular weight excluding hydrogens is 298 g/mol. The monoisotopic (exact) mass is 321 g/mol. The zero-order valence-electron chi connectivity index (χ0n) is 13.1. The summed E-state index contributed by atoms with van der Waals surface area (Å²) in [5, 5.41) is 8.87. The Morgan fingerprint density at radius 1 is 0.739 bits per heavy atom. The van der Waals surface area contributed by atoms with Gasteiger partial charge in [-0.15, -0.1) is 0 Å². The Labute approximate surface area is 135 Å². The van der Waals surface area contributed by atoms with Crippen molar-refractivity contribution in [3.05, 3.63) is 24.3 Å². The molecular formula is C16H23N3O4. The molecule has 0 atom stereocenters. The van der Waals surface area contributed by atoms with Crippen LogP contribution < -0.4 is 25.4 Å². The Kier molecular flexibility index (Phi) is 7.19. The fourth-order valence-electron chi connectivity index (χ4n) is 2.08. The molecule has 3 N–H and O–H groups in total. The summed E-state index contributed by atoms with van der Waals surface area (Å²) in [5.41, 5.74) is 0. The van der Waals surface area contributed by atoms with E-state index >= 15 is 0 Å². The van der Waals surface area contributed by atoms with Crippen LogP contribution in [0.15, 0.2) is 24.3 Å². The van der Waals surface area contributed by atoms with Gasteiger partial charge in [0.1, 0.15) is 0 Å². The smallest absolute Gasteiger partial charge is 0.257 e. The molecule has 0 saturated heterocycles. The molecule has 126 valence electrons. The molecule has 0 aliphatic carbocycles. The van der Waals surface area contributed by atoms with E-state index in [4.69, 9.17) is 9.47 Å². The summed E-state index contributed by atoms with van der Waals surface area (Å²) in [7, 11) is 0. The first-order chi connectivity index (χ1) is 11.3. The van der Waals surface area contributed by atoms with Crippen molar-refractivity contribution in [3.63, 3.8) is 0 Å². The Morgan fingerprint density at radius 2 is 1.22 bits per heavy atom. The van der Waals surface area contributed by atoms with Crippen molar-refractivity contribution >= 4 is 11.8 Å². The zero-order chi connectivity index (χ0) is 16.3. The molecule has 0 aromatic heterocycles. The van der Waals surface area contributed by atoms with E-state index < -0.39 is 0 Å². The number of benzene rings is 1. The van der Waals surface area contributed by atoms with E-state index in [9.17, 15) is 9.59 Å². The normalized spacial score (nSPS) is 18.4. The van der Waals surface area contributed by atoms with Crippen molar-refractivity contribution in [1.29, 1.82) is 0 Å². The lowest BCUT2D eigenvalue weighted by Gasteiger charge is -2.12. The summed E-state index contributed by atoms with van der Waals surface area (Å²) in [4.78, 5) is 23.5. The maximum atomic E-state index is 11.7. The van der Waals surface area contributed by atoms with Gasteiger partial charge in [0, 0.05) is 13.1 Å². The minimum atomic E-state index is -0.179. The summed E-state index contributed by atoms with van der Waals surface area (Å²) in [6, 6.07) is 6.99. The predicted molar refractivity (Wildman–Crippen MR) is 85.6 cm³/mol. The highest BCUT2D eigenvalue weighted by Crippen LogP contribution is 2.26. The molecule has 0 fully saturated rings. The van der Waals surface area contributed by atoms with Gasteiger partial charge < -0.3 is 25.4 Å². The third kappa shape index (κ3) is 6.56. The molecule has 2 rings (SSSR count). The maximum absolute atomic E-state index is 11.7. The number of hydrogen-bond donors (Lipinski definition) is 3. The molecule has 0 bridgehead atoms. The predicted octanol–water partition coefficient (Wildman–Crippen LogP) is 0.0600. The fraction of sp³-hybridized carbons (Fsp3) is 0.500. The highest BCUT2D eigenvalue weighted by molar-refractivity contribution is 5.78. The maximum Gasteiger partial charge on any atom is 0.257 e. The van der Waals surface area contributed by atoms with E-state index in [1.807, 2.05) is 0 Å². The second-order valence-electron chi connectivity index (χ2n) is 5.18. The topological polar surface area (TPSA) is 88.7 Å². The van der Waals surface area contributed by atoms with Crippen LogP contribution in [0.2, 0.25) is 0 Å². The van der Waals surface area contributed by atoms with Crippen LogP contribution in [0, 0.1) is 0 Å². The Bertz CT molecular complexity index is 477. The van der Waals surface area contributed by atoms with Crippen LogP contribution in [-0.2, 0) is 9.59 Å². The molecule has 7 heteroatoms. The van der Waals surface area contributed by atoms with Crippen molar-refractivity contribution in [2.75, 3.05) is 39.4 Å². The molecule has 1 aliphatic rings. The number of fused-ring (bicyclic) bond motifs is 1. The van der Waals surface area contributed by atoms with Crippen molar-refractivity contribution in [3.8, 4) is 11.5 Å². The van der Waals surface area contributed by atoms with Crippen molar-refractivity contribution < 1.29 is 19.1 Å². The number of ether oxygens (including phenoxy) is 2.